The third kappa shape index (κ3) is 3.96. The van der Waals surface area contributed by atoms with Crippen molar-refractivity contribution in [1.82, 2.24) is 15.5 Å². The molecule has 0 spiro atoms. The summed E-state index contributed by atoms with van der Waals surface area (Å²) in [6.45, 7) is 4.47. The van der Waals surface area contributed by atoms with Crippen LogP contribution in [-0.2, 0) is 9.59 Å². The van der Waals surface area contributed by atoms with Crippen LogP contribution in [0.5, 0.6) is 0 Å². The van der Waals surface area contributed by atoms with Crippen LogP contribution in [-0.4, -0.2) is 47.4 Å². The number of rotatable bonds is 5. The number of amides is 4. The zero-order chi connectivity index (χ0) is 18.9. The first-order valence-corrected chi connectivity index (χ1v) is 9.92. The molecule has 4 N–H and O–H groups in total. The molecule has 2 saturated heterocycles. The second-order valence-corrected chi connectivity index (χ2v) is 8.86. The van der Waals surface area contributed by atoms with E-state index < -0.39 is 6.03 Å². The Morgan fingerprint density at radius 2 is 1.92 bits per heavy atom. The van der Waals surface area contributed by atoms with Gasteiger partial charge in [-0.1, -0.05) is 26.7 Å². The number of nitrogens with two attached hydrogens (primary N) is 1. The lowest BCUT2D eigenvalue weighted by Crippen LogP contribution is -2.48. The first-order chi connectivity index (χ1) is 12.3. The van der Waals surface area contributed by atoms with Crippen LogP contribution in [0.4, 0.5) is 4.79 Å². The molecule has 0 radical (unpaired) electrons. The average Bonchev–Trinajstić information content (AvgIpc) is 3.12. The number of carbonyl (C=O) groups excluding carboxylic acids is 3. The molecule has 4 atom stereocenters. The van der Waals surface area contributed by atoms with E-state index in [0.29, 0.717) is 12.3 Å². The summed E-state index contributed by atoms with van der Waals surface area (Å²) in [5.41, 5.74) is 5.28. The van der Waals surface area contributed by atoms with Crippen molar-refractivity contribution >= 4 is 17.8 Å². The second kappa shape index (κ2) is 7.45. The largest absolute Gasteiger partial charge is 0.352 e. The highest BCUT2D eigenvalue weighted by atomic mass is 16.2. The number of primary amides is 1. The van der Waals surface area contributed by atoms with Crippen LogP contribution in [0.3, 0.4) is 0 Å². The molecule has 3 rings (SSSR count). The summed E-state index contributed by atoms with van der Waals surface area (Å²) >= 11 is 0. The Hall–Kier alpha value is -1.79. The molecule has 2 aliphatic heterocycles. The quantitative estimate of drug-likeness (QED) is 0.688. The lowest BCUT2D eigenvalue weighted by Gasteiger charge is -2.38. The van der Waals surface area contributed by atoms with Crippen LogP contribution in [0.15, 0.2) is 0 Å². The van der Waals surface area contributed by atoms with Gasteiger partial charge in [-0.25, -0.2) is 4.79 Å². The highest BCUT2D eigenvalue weighted by molar-refractivity contribution is 5.84. The summed E-state index contributed by atoms with van der Waals surface area (Å²) in [5, 5.41) is 5.57. The van der Waals surface area contributed by atoms with Crippen molar-refractivity contribution in [3.05, 3.63) is 0 Å². The van der Waals surface area contributed by atoms with E-state index in [4.69, 9.17) is 5.73 Å². The van der Waals surface area contributed by atoms with Crippen molar-refractivity contribution < 1.29 is 14.4 Å². The Morgan fingerprint density at radius 3 is 2.62 bits per heavy atom. The Bertz CT molecular complexity index is 577. The summed E-state index contributed by atoms with van der Waals surface area (Å²) in [5.74, 6) is 0.444. The average molecular weight is 364 g/mol. The predicted octanol–water partition coefficient (Wildman–Crippen LogP) is 1.51. The van der Waals surface area contributed by atoms with Crippen LogP contribution in [0.1, 0.15) is 65.2 Å². The second-order valence-electron chi connectivity index (χ2n) is 8.86. The molecule has 1 aliphatic carbocycles. The SMILES string of the molecule is CC1(C)CCCCC1CC(=O)N[C@@H]1C[C@@H]2CC[C@H]1N2C(=O)CNC(N)=O. The van der Waals surface area contributed by atoms with E-state index in [1.54, 1.807) is 0 Å². The maximum absolute atomic E-state index is 12.6. The van der Waals surface area contributed by atoms with Crippen LogP contribution >= 0.6 is 0 Å². The molecule has 3 aliphatic rings. The van der Waals surface area contributed by atoms with Gasteiger partial charge in [-0.05, 0) is 43.4 Å². The Balaban J connectivity index is 1.53. The fourth-order valence-corrected chi connectivity index (χ4v) is 5.22. The van der Waals surface area contributed by atoms with E-state index >= 15 is 0 Å². The van der Waals surface area contributed by atoms with Gasteiger partial charge in [0.15, 0.2) is 0 Å². The van der Waals surface area contributed by atoms with Gasteiger partial charge in [0.05, 0.1) is 18.6 Å². The molecule has 26 heavy (non-hydrogen) atoms. The minimum atomic E-state index is -0.690. The van der Waals surface area contributed by atoms with Crippen molar-refractivity contribution in [2.75, 3.05) is 6.54 Å². The highest BCUT2D eigenvalue weighted by Crippen LogP contribution is 2.42. The van der Waals surface area contributed by atoms with Gasteiger partial charge in [0, 0.05) is 12.5 Å². The molecule has 7 nitrogen and oxygen atoms in total. The minimum Gasteiger partial charge on any atom is -0.352 e. The van der Waals surface area contributed by atoms with Crippen LogP contribution in [0.2, 0.25) is 0 Å². The zero-order valence-electron chi connectivity index (χ0n) is 15.9. The lowest BCUT2D eigenvalue weighted by molar-refractivity contribution is -0.132. The molecule has 3 fully saturated rings. The summed E-state index contributed by atoms with van der Waals surface area (Å²) < 4.78 is 0. The fourth-order valence-electron chi connectivity index (χ4n) is 5.22. The number of carbonyl (C=O) groups is 3. The zero-order valence-corrected chi connectivity index (χ0v) is 15.9. The highest BCUT2D eigenvalue weighted by Gasteiger charge is 2.49. The summed E-state index contributed by atoms with van der Waals surface area (Å²) in [7, 11) is 0. The minimum absolute atomic E-state index is 0.0329. The maximum Gasteiger partial charge on any atom is 0.312 e. The van der Waals surface area contributed by atoms with Gasteiger partial charge < -0.3 is 21.3 Å². The Labute approximate surface area is 155 Å². The fraction of sp³-hybridized carbons (Fsp3) is 0.842. The van der Waals surface area contributed by atoms with Gasteiger partial charge in [0.1, 0.15) is 0 Å². The van der Waals surface area contributed by atoms with E-state index in [1.807, 2.05) is 4.90 Å². The van der Waals surface area contributed by atoms with Crippen molar-refractivity contribution in [3.8, 4) is 0 Å². The first kappa shape index (κ1) is 19.0. The standard InChI is InChI=1S/C19H32N4O3/c1-19(2)8-4-3-5-12(19)9-16(24)22-14-10-13-6-7-15(14)23(13)17(25)11-21-18(20)26/h12-15H,3-11H2,1-2H3,(H,22,24)(H3,20,21,26)/t12?,13-,14+,15+/m0/s1. The Morgan fingerprint density at radius 1 is 1.15 bits per heavy atom. The predicted molar refractivity (Wildman–Crippen MR) is 98.1 cm³/mol. The number of hydrogen-bond donors (Lipinski definition) is 3. The number of nitrogens with one attached hydrogen (secondary N) is 2. The van der Waals surface area contributed by atoms with Crippen LogP contribution < -0.4 is 16.4 Å². The van der Waals surface area contributed by atoms with Gasteiger partial charge in [-0.3, -0.25) is 9.59 Å². The van der Waals surface area contributed by atoms with E-state index in [1.165, 1.54) is 19.3 Å². The summed E-state index contributed by atoms with van der Waals surface area (Å²) in [4.78, 5) is 37.7. The molecule has 2 bridgehead atoms. The van der Waals surface area contributed by atoms with Crippen LogP contribution in [0, 0.1) is 11.3 Å². The Kier molecular flexibility index (Phi) is 5.44. The molecule has 1 saturated carbocycles. The van der Waals surface area contributed by atoms with Crippen molar-refractivity contribution in [1.29, 1.82) is 0 Å². The molecular weight excluding hydrogens is 332 g/mol. The number of nitrogens with zero attached hydrogens (tertiary/aromatic N) is 1. The molecular formula is C19H32N4O3. The molecule has 0 aromatic rings. The normalized spacial score (nSPS) is 32.3. The molecule has 4 amide bonds. The maximum atomic E-state index is 12.6. The molecule has 0 aromatic heterocycles. The van der Waals surface area contributed by atoms with Gasteiger partial charge in [0.2, 0.25) is 11.8 Å². The van der Waals surface area contributed by atoms with Gasteiger partial charge >= 0.3 is 6.03 Å². The van der Waals surface area contributed by atoms with Gasteiger partial charge in [0.25, 0.3) is 0 Å². The van der Waals surface area contributed by atoms with Crippen molar-refractivity contribution in [2.45, 2.75) is 83.3 Å². The number of fused-ring (bicyclic) bond motifs is 2. The molecule has 7 heteroatoms. The van der Waals surface area contributed by atoms with Crippen molar-refractivity contribution in [3.63, 3.8) is 0 Å². The van der Waals surface area contributed by atoms with Crippen LogP contribution in [0.25, 0.3) is 0 Å². The summed E-state index contributed by atoms with van der Waals surface area (Å²) in [6, 6.07) is -0.445. The van der Waals surface area contributed by atoms with E-state index in [2.05, 4.69) is 24.5 Å². The van der Waals surface area contributed by atoms with E-state index in [9.17, 15) is 14.4 Å². The van der Waals surface area contributed by atoms with E-state index in [-0.39, 0.29) is 41.9 Å². The van der Waals surface area contributed by atoms with Gasteiger partial charge in [-0.2, -0.15) is 0 Å². The van der Waals surface area contributed by atoms with Crippen molar-refractivity contribution in [2.24, 2.45) is 17.1 Å². The monoisotopic (exact) mass is 364 g/mol. The molecule has 1 unspecified atom stereocenters. The number of urea groups is 1. The van der Waals surface area contributed by atoms with E-state index in [0.717, 1.165) is 25.7 Å². The third-order valence-corrected chi connectivity index (χ3v) is 6.75. The smallest absolute Gasteiger partial charge is 0.312 e. The number of hydrogen-bond acceptors (Lipinski definition) is 3. The van der Waals surface area contributed by atoms with Gasteiger partial charge in [-0.15, -0.1) is 0 Å². The molecule has 0 aromatic carbocycles. The summed E-state index contributed by atoms with van der Waals surface area (Å²) in [6.07, 6.45) is 8.06. The lowest BCUT2D eigenvalue weighted by atomic mass is 9.67. The third-order valence-electron chi connectivity index (χ3n) is 6.75. The molecule has 146 valence electrons. The topological polar surface area (TPSA) is 105 Å². The molecule has 2 heterocycles. The first-order valence-electron chi connectivity index (χ1n) is 9.92.